The highest BCUT2D eigenvalue weighted by atomic mass is 15.1. The third-order valence-electron chi connectivity index (χ3n) is 2.77. The Morgan fingerprint density at radius 3 is 2.54 bits per heavy atom. The molecule has 0 aromatic carbocycles. The second-order valence-corrected chi connectivity index (χ2v) is 3.92. The molecule has 0 aliphatic carbocycles. The van der Waals surface area contributed by atoms with Crippen LogP contribution in [0.25, 0.3) is 0 Å². The van der Waals surface area contributed by atoms with Crippen LogP contribution in [0.4, 0.5) is 0 Å². The Morgan fingerprint density at radius 1 is 1.46 bits per heavy atom. The zero-order valence-electron chi connectivity index (χ0n) is 8.64. The maximum atomic E-state index is 9.12. The lowest BCUT2D eigenvalue weighted by atomic mass is 9.89. The largest absolute Gasteiger partial charge is 0.306 e. The Kier molecular flexibility index (Phi) is 3.71. The topological polar surface area (TPSA) is 39.1 Å². The number of nitriles is 1. The molecule has 3 nitrogen and oxygen atoms in total. The lowest BCUT2D eigenvalue weighted by Crippen LogP contribution is -2.51. The molecule has 1 aliphatic heterocycles. The van der Waals surface area contributed by atoms with Crippen LogP contribution >= 0.6 is 0 Å². The van der Waals surface area contributed by atoms with E-state index in [2.05, 4.69) is 30.3 Å². The minimum absolute atomic E-state index is 0.234. The molecule has 0 atom stereocenters. The summed E-state index contributed by atoms with van der Waals surface area (Å²) in [5.41, 5.74) is -0.234. The molecule has 0 radical (unpaired) electrons. The first-order chi connectivity index (χ1) is 6.22. The van der Waals surface area contributed by atoms with Crippen LogP contribution in [0.15, 0.2) is 0 Å². The Balaban J connectivity index is 2.46. The van der Waals surface area contributed by atoms with E-state index in [9.17, 15) is 0 Å². The standard InChI is InChI=1S/C10H19N3/c1-3-6-12-10(9-11)4-7-13(2)8-5-10/h12H,3-8H2,1-2H3. The van der Waals surface area contributed by atoms with Gasteiger partial charge in [0.1, 0.15) is 5.54 Å². The molecular weight excluding hydrogens is 162 g/mol. The second kappa shape index (κ2) is 4.59. The first-order valence-corrected chi connectivity index (χ1v) is 5.07. The van der Waals surface area contributed by atoms with Gasteiger partial charge in [-0.15, -0.1) is 0 Å². The molecule has 1 fully saturated rings. The summed E-state index contributed by atoms with van der Waals surface area (Å²) >= 11 is 0. The van der Waals surface area contributed by atoms with Gasteiger partial charge in [-0.3, -0.25) is 5.32 Å². The molecule has 0 saturated carbocycles. The summed E-state index contributed by atoms with van der Waals surface area (Å²) in [6.45, 7) is 5.15. The van der Waals surface area contributed by atoms with E-state index in [1.54, 1.807) is 0 Å². The number of piperidine rings is 1. The molecular formula is C10H19N3. The van der Waals surface area contributed by atoms with Gasteiger partial charge in [0.2, 0.25) is 0 Å². The summed E-state index contributed by atoms with van der Waals surface area (Å²) in [7, 11) is 2.11. The second-order valence-electron chi connectivity index (χ2n) is 3.92. The van der Waals surface area contributed by atoms with Crippen LogP contribution in [0.3, 0.4) is 0 Å². The van der Waals surface area contributed by atoms with Crippen LogP contribution in [0, 0.1) is 11.3 Å². The fourth-order valence-corrected chi connectivity index (χ4v) is 1.69. The zero-order valence-corrected chi connectivity index (χ0v) is 8.64. The molecule has 1 rings (SSSR count). The maximum absolute atomic E-state index is 9.12. The highest BCUT2D eigenvalue weighted by Gasteiger charge is 2.32. The number of hydrogen-bond acceptors (Lipinski definition) is 3. The van der Waals surface area contributed by atoms with Crippen LogP contribution in [-0.4, -0.2) is 37.1 Å². The minimum Gasteiger partial charge on any atom is -0.306 e. The van der Waals surface area contributed by atoms with Crippen LogP contribution in [-0.2, 0) is 0 Å². The van der Waals surface area contributed by atoms with Crippen molar-refractivity contribution in [3.8, 4) is 6.07 Å². The molecule has 0 unspecified atom stereocenters. The van der Waals surface area contributed by atoms with E-state index in [1.165, 1.54) is 0 Å². The van der Waals surface area contributed by atoms with Gasteiger partial charge in [-0.1, -0.05) is 6.92 Å². The van der Waals surface area contributed by atoms with Crippen molar-refractivity contribution in [3.63, 3.8) is 0 Å². The Bertz CT molecular complexity index is 181. The van der Waals surface area contributed by atoms with Gasteiger partial charge in [-0.2, -0.15) is 5.26 Å². The van der Waals surface area contributed by atoms with Crippen molar-refractivity contribution in [1.29, 1.82) is 5.26 Å². The SMILES string of the molecule is CCCNC1(C#N)CCN(C)CC1. The summed E-state index contributed by atoms with van der Waals surface area (Å²) in [6.07, 6.45) is 3.01. The maximum Gasteiger partial charge on any atom is 0.109 e. The fourth-order valence-electron chi connectivity index (χ4n) is 1.69. The van der Waals surface area contributed by atoms with Crippen molar-refractivity contribution < 1.29 is 0 Å². The smallest absolute Gasteiger partial charge is 0.109 e. The molecule has 1 saturated heterocycles. The first-order valence-electron chi connectivity index (χ1n) is 5.07. The summed E-state index contributed by atoms with van der Waals surface area (Å²) in [5, 5.41) is 12.5. The molecule has 0 aromatic heterocycles. The molecule has 3 heteroatoms. The molecule has 1 aliphatic rings. The summed E-state index contributed by atoms with van der Waals surface area (Å²) in [5.74, 6) is 0. The lowest BCUT2D eigenvalue weighted by Gasteiger charge is -2.36. The van der Waals surface area contributed by atoms with Gasteiger partial charge in [-0.25, -0.2) is 0 Å². The number of hydrogen-bond donors (Lipinski definition) is 1. The molecule has 13 heavy (non-hydrogen) atoms. The van der Waals surface area contributed by atoms with Crippen molar-refractivity contribution in [2.24, 2.45) is 0 Å². The first kappa shape index (κ1) is 10.5. The van der Waals surface area contributed by atoms with E-state index in [1.807, 2.05) is 0 Å². The molecule has 0 aromatic rings. The molecule has 74 valence electrons. The van der Waals surface area contributed by atoms with E-state index >= 15 is 0 Å². The monoisotopic (exact) mass is 181 g/mol. The predicted octanol–water partition coefficient (Wildman–Crippen LogP) is 0.974. The number of rotatable bonds is 3. The van der Waals surface area contributed by atoms with E-state index < -0.39 is 0 Å². The zero-order chi connectivity index (χ0) is 9.73. The molecule has 1 heterocycles. The number of nitrogens with zero attached hydrogens (tertiary/aromatic N) is 2. The van der Waals surface area contributed by atoms with Crippen molar-refractivity contribution >= 4 is 0 Å². The van der Waals surface area contributed by atoms with Gasteiger partial charge in [0.05, 0.1) is 6.07 Å². The average Bonchev–Trinajstić information content (AvgIpc) is 2.18. The highest BCUT2D eigenvalue weighted by Crippen LogP contribution is 2.20. The third-order valence-corrected chi connectivity index (χ3v) is 2.77. The van der Waals surface area contributed by atoms with Crippen LogP contribution in [0.5, 0.6) is 0 Å². The van der Waals surface area contributed by atoms with Crippen LogP contribution < -0.4 is 5.32 Å². The van der Waals surface area contributed by atoms with Gasteiger partial charge in [0, 0.05) is 13.1 Å². The van der Waals surface area contributed by atoms with E-state index in [-0.39, 0.29) is 5.54 Å². The van der Waals surface area contributed by atoms with Gasteiger partial charge >= 0.3 is 0 Å². The van der Waals surface area contributed by atoms with Gasteiger partial charge in [-0.05, 0) is 32.9 Å². The normalized spacial score (nSPS) is 22.5. The molecule has 0 spiro atoms. The number of nitrogens with one attached hydrogen (secondary N) is 1. The highest BCUT2D eigenvalue weighted by molar-refractivity contribution is 5.09. The van der Waals surface area contributed by atoms with E-state index in [4.69, 9.17) is 5.26 Å². The van der Waals surface area contributed by atoms with Crippen molar-refractivity contribution in [3.05, 3.63) is 0 Å². The van der Waals surface area contributed by atoms with Gasteiger partial charge in [0.25, 0.3) is 0 Å². The summed E-state index contributed by atoms with van der Waals surface area (Å²) in [6, 6.07) is 2.44. The van der Waals surface area contributed by atoms with Crippen LogP contribution in [0.1, 0.15) is 26.2 Å². The molecule has 0 amide bonds. The summed E-state index contributed by atoms with van der Waals surface area (Å²) in [4.78, 5) is 2.28. The Morgan fingerprint density at radius 2 is 2.08 bits per heavy atom. The van der Waals surface area contributed by atoms with Gasteiger partial charge in [0.15, 0.2) is 0 Å². The lowest BCUT2D eigenvalue weighted by molar-refractivity contribution is 0.196. The van der Waals surface area contributed by atoms with Crippen molar-refractivity contribution in [2.45, 2.75) is 31.7 Å². The number of likely N-dealkylation sites (tertiary alicyclic amines) is 1. The molecule has 0 bridgehead atoms. The summed E-state index contributed by atoms with van der Waals surface area (Å²) < 4.78 is 0. The average molecular weight is 181 g/mol. The third kappa shape index (κ3) is 2.68. The minimum atomic E-state index is -0.234. The molecule has 1 N–H and O–H groups in total. The Hall–Kier alpha value is -0.590. The van der Waals surface area contributed by atoms with Crippen molar-refractivity contribution in [2.75, 3.05) is 26.7 Å². The van der Waals surface area contributed by atoms with Crippen molar-refractivity contribution in [1.82, 2.24) is 10.2 Å². The fraction of sp³-hybridized carbons (Fsp3) is 0.900. The van der Waals surface area contributed by atoms with Gasteiger partial charge < -0.3 is 4.90 Å². The quantitative estimate of drug-likeness (QED) is 0.705. The predicted molar refractivity (Wildman–Crippen MR) is 53.4 cm³/mol. The van der Waals surface area contributed by atoms with E-state index in [0.717, 1.165) is 38.9 Å². The van der Waals surface area contributed by atoms with Crippen LogP contribution in [0.2, 0.25) is 0 Å². The Labute approximate surface area is 80.7 Å². The van der Waals surface area contributed by atoms with E-state index in [0.29, 0.717) is 0 Å².